The van der Waals surface area contributed by atoms with E-state index in [0.717, 1.165) is 31.0 Å². The van der Waals surface area contributed by atoms with Gasteiger partial charge < -0.3 is 5.32 Å². The first-order chi connectivity index (χ1) is 10.1. The zero-order valence-electron chi connectivity index (χ0n) is 13.3. The average molecular weight is 288 g/mol. The van der Waals surface area contributed by atoms with E-state index >= 15 is 0 Å². The minimum atomic E-state index is 0.465. The van der Waals surface area contributed by atoms with Gasteiger partial charge in [0, 0.05) is 36.4 Å². The highest BCUT2D eigenvalue weighted by molar-refractivity contribution is 5.53. The molecule has 1 N–H and O–H groups in total. The maximum absolute atomic E-state index is 4.52. The van der Waals surface area contributed by atoms with Gasteiger partial charge in [-0.25, -0.2) is 4.98 Å². The van der Waals surface area contributed by atoms with Crippen LogP contribution in [0, 0.1) is 6.92 Å². The SMILES string of the molecule is CCc1c(C)nc2ncnn2c1NC1CCN(C(C)C)C1. The molecule has 0 aromatic carbocycles. The highest BCUT2D eigenvalue weighted by atomic mass is 15.4. The Bertz CT molecular complexity index is 632. The number of aryl methyl sites for hydroxylation is 1. The van der Waals surface area contributed by atoms with Crippen LogP contribution in [0.25, 0.3) is 5.78 Å². The summed E-state index contributed by atoms with van der Waals surface area (Å²) in [7, 11) is 0. The van der Waals surface area contributed by atoms with Gasteiger partial charge in [0.1, 0.15) is 12.1 Å². The van der Waals surface area contributed by atoms with E-state index in [9.17, 15) is 0 Å². The van der Waals surface area contributed by atoms with Crippen LogP contribution in [-0.4, -0.2) is 49.7 Å². The molecule has 1 aliphatic rings. The standard InChI is InChI=1S/C15H24N6/c1-5-13-11(4)18-15-16-9-17-21(15)14(13)19-12-6-7-20(8-12)10(2)3/h9-10,12,19H,5-8H2,1-4H3. The van der Waals surface area contributed by atoms with Crippen molar-refractivity contribution >= 4 is 11.6 Å². The van der Waals surface area contributed by atoms with Gasteiger partial charge in [0.2, 0.25) is 0 Å². The number of fused-ring (bicyclic) bond motifs is 1. The lowest BCUT2D eigenvalue weighted by molar-refractivity contribution is 0.274. The van der Waals surface area contributed by atoms with E-state index in [1.807, 2.05) is 11.4 Å². The summed E-state index contributed by atoms with van der Waals surface area (Å²) >= 11 is 0. The Morgan fingerprint density at radius 2 is 2.24 bits per heavy atom. The van der Waals surface area contributed by atoms with Gasteiger partial charge in [-0.05, 0) is 33.6 Å². The number of anilines is 1. The molecule has 1 unspecified atom stereocenters. The van der Waals surface area contributed by atoms with Gasteiger partial charge in [0.25, 0.3) is 5.78 Å². The molecule has 0 spiro atoms. The van der Waals surface area contributed by atoms with Gasteiger partial charge in [-0.2, -0.15) is 14.6 Å². The number of rotatable bonds is 4. The Morgan fingerprint density at radius 3 is 2.90 bits per heavy atom. The van der Waals surface area contributed by atoms with E-state index in [0.29, 0.717) is 17.9 Å². The molecule has 0 saturated carbocycles. The van der Waals surface area contributed by atoms with Gasteiger partial charge in [-0.15, -0.1) is 0 Å². The summed E-state index contributed by atoms with van der Waals surface area (Å²) in [5.41, 5.74) is 2.27. The van der Waals surface area contributed by atoms with Crippen LogP contribution in [0.5, 0.6) is 0 Å². The number of nitrogens with one attached hydrogen (secondary N) is 1. The number of likely N-dealkylation sites (tertiary alicyclic amines) is 1. The molecular formula is C15H24N6. The Morgan fingerprint density at radius 1 is 1.43 bits per heavy atom. The van der Waals surface area contributed by atoms with Crippen molar-refractivity contribution in [2.75, 3.05) is 18.4 Å². The van der Waals surface area contributed by atoms with Crippen molar-refractivity contribution in [3.05, 3.63) is 17.6 Å². The van der Waals surface area contributed by atoms with Crippen molar-refractivity contribution in [3.8, 4) is 0 Å². The third kappa shape index (κ3) is 2.60. The normalized spacial score (nSPS) is 19.8. The molecule has 3 heterocycles. The molecule has 1 aliphatic heterocycles. The second kappa shape index (κ2) is 5.60. The van der Waals surface area contributed by atoms with Gasteiger partial charge in [-0.3, -0.25) is 4.90 Å². The molecule has 0 bridgehead atoms. The van der Waals surface area contributed by atoms with Crippen molar-refractivity contribution in [3.63, 3.8) is 0 Å². The van der Waals surface area contributed by atoms with E-state index in [4.69, 9.17) is 0 Å². The number of nitrogens with zero attached hydrogens (tertiary/aromatic N) is 5. The summed E-state index contributed by atoms with van der Waals surface area (Å²) < 4.78 is 1.84. The van der Waals surface area contributed by atoms with Crippen molar-refractivity contribution in [2.45, 2.75) is 52.6 Å². The molecule has 21 heavy (non-hydrogen) atoms. The summed E-state index contributed by atoms with van der Waals surface area (Å²) in [5, 5.41) is 8.03. The molecule has 1 atom stereocenters. The highest BCUT2D eigenvalue weighted by Crippen LogP contribution is 2.23. The third-order valence-corrected chi connectivity index (χ3v) is 4.38. The fourth-order valence-corrected chi connectivity index (χ4v) is 3.13. The first-order valence-corrected chi connectivity index (χ1v) is 7.80. The fourth-order valence-electron chi connectivity index (χ4n) is 3.13. The number of aromatic nitrogens is 4. The molecule has 0 amide bonds. The first-order valence-electron chi connectivity index (χ1n) is 7.80. The van der Waals surface area contributed by atoms with E-state index in [1.165, 1.54) is 12.0 Å². The van der Waals surface area contributed by atoms with Gasteiger partial charge in [0.05, 0.1) is 0 Å². The molecule has 0 radical (unpaired) electrons. The second-order valence-corrected chi connectivity index (χ2v) is 6.07. The third-order valence-electron chi connectivity index (χ3n) is 4.38. The van der Waals surface area contributed by atoms with E-state index in [-0.39, 0.29) is 0 Å². The van der Waals surface area contributed by atoms with E-state index in [1.54, 1.807) is 6.33 Å². The molecule has 2 aromatic heterocycles. The van der Waals surface area contributed by atoms with Crippen molar-refractivity contribution < 1.29 is 0 Å². The lowest BCUT2D eigenvalue weighted by Gasteiger charge is -2.22. The molecule has 6 nitrogen and oxygen atoms in total. The van der Waals surface area contributed by atoms with Crippen LogP contribution in [-0.2, 0) is 6.42 Å². The number of hydrogen-bond acceptors (Lipinski definition) is 5. The van der Waals surface area contributed by atoms with Gasteiger partial charge >= 0.3 is 0 Å². The van der Waals surface area contributed by atoms with E-state index < -0.39 is 0 Å². The lowest BCUT2D eigenvalue weighted by atomic mass is 10.1. The predicted molar refractivity (Wildman–Crippen MR) is 83.6 cm³/mol. The van der Waals surface area contributed by atoms with Gasteiger partial charge in [0.15, 0.2) is 0 Å². The maximum atomic E-state index is 4.52. The Kier molecular flexibility index (Phi) is 3.80. The molecule has 2 aromatic rings. The van der Waals surface area contributed by atoms with E-state index in [2.05, 4.69) is 46.1 Å². The Labute approximate surface area is 125 Å². The average Bonchev–Trinajstić information content (AvgIpc) is 3.07. The monoisotopic (exact) mass is 288 g/mol. The zero-order valence-corrected chi connectivity index (χ0v) is 13.3. The summed E-state index contributed by atoms with van der Waals surface area (Å²) in [6.07, 6.45) is 3.68. The molecular weight excluding hydrogens is 264 g/mol. The topological polar surface area (TPSA) is 58.4 Å². The van der Waals surface area contributed by atoms with Crippen molar-refractivity contribution in [1.82, 2.24) is 24.5 Å². The highest BCUT2D eigenvalue weighted by Gasteiger charge is 2.25. The van der Waals surface area contributed by atoms with Crippen LogP contribution in [0.15, 0.2) is 6.33 Å². The minimum absolute atomic E-state index is 0.465. The summed E-state index contributed by atoms with van der Waals surface area (Å²) in [4.78, 5) is 11.3. The summed E-state index contributed by atoms with van der Waals surface area (Å²) in [5.74, 6) is 1.74. The molecule has 3 rings (SSSR count). The van der Waals surface area contributed by atoms with Crippen LogP contribution in [0.4, 0.5) is 5.82 Å². The summed E-state index contributed by atoms with van der Waals surface area (Å²) in [6.45, 7) is 11.0. The molecule has 0 aliphatic carbocycles. The minimum Gasteiger partial charge on any atom is -0.366 e. The smallest absolute Gasteiger partial charge is 0.254 e. The molecule has 6 heteroatoms. The Balaban J connectivity index is 1.91. The maximum Gasteiger partial charge on any atom is 0.254 e. The number of hydrogen-bond donors (Lipinski definition) is 1. The quantitative estimate of drug-likeness (QED) is 0.931. The van der Waals surface area contributed by atoms with Gasteiger partial charge in [-0.1, -0.05) is 6.92 Å². The summed E-state index contributed by atoms with van der Waals surface area (Å²) in [6, 6.07) is 1.07. The van der Waals surface area contributed by atoms with Crippen LogP contribution in [0.2, 0.25) is 0 Å². The molecule has 1 saturated heterocycles. The fraction of sp³-hybridized carbons (Fsp3) is 0.667. The largest absolute Gasteiger partial charge is 0.366 e. The lowest BCUT2D eigenvalue weighted by Crippen LogP contribution is -2.32. The van der Waals surface area contributed by atoms with Crippen LogP contribution >= 0.6 is 0 Å². The Hall–Kier alpha value is -1.69. The molecule has 114 valence electrons. The van der Waals surface area contributed by atoms with Crippen molar-refractivity contribution in [2.24, 2.45) is 0 Å². The second-order valence-electron chi connectivity index (χ2n) is 6.07. The van der Waals surface area contributed by atoms with Crippen LogP contribution in [0.3, 0.4) is 0 Å². The molecule has 1 fully saturated rings. The van der Waals surface area contributed by atoms with Crippen LogP contribution in [0.1, 0.15) is 38.4 Å². The van der Waals surface area contributed by atoms with Crippen molar-refractivity contribution in [1.29, 1.82) is 0 Å². The zero-order chi connectivity index (χ0) is 15.0. The predicted octanol–water partition coefficient (Wildman–Crippen LogP) is 1.89. The van der Waals surface area contributed by atoms with Crippen LogP contribution < -0.4 is 5.32 Å². The first kappa shape index (κ1) is 14.3.